The number of aliphatic carboxylic acids is 1. The molecule has 8 N–H and O–H groups in total. The van der Waals surface area contributed by atoms with Crippen LogP contribution >= 0.6 is 0 Å². The molecule has 0 spiro atoms. The van der Waals surface area contributed by atoms with Crippen molar-refractivity contribution in [1.82, 2.24) is 25.8 Å². The molecule has 18 atom stereocenters. The molecule has 6 fully saturated rings. The Hall–Kier alpha value is -3.99. The molecule has 0 bridgehead atoms. The smallest absolute Gasteiger partial charge is 0.870 e. The molecule has 115 heavy (non-hydrogen) atoms. The molecule has 0 aromatic heterocycles. The normalized spacial score (nSPS) is 28.2. The third-order valence-electron chi connectivity index (χ3n) is 23.7. The Bertz CT molecular complexity index is 2900. The molecule has 668 valence electrons. The van der Waals surface area contributed by atoms with Crippen LogP contribution in [0.15, 0.2) is 4.99 Å². The van der Waals surface area contributed by atoms with Gasteiger partial charge in [-0.3, -0.25) is 29.2 Å². The van der Waals surface area contributed by atoms with Crippen molar-refractivity contribution in [3.05, 3.63) is 0 Å². The second kappa shape index (κ2) is 46.3. The maximum absolute atomic E-state index is 12.0. The molecule has 7 aliphatic rings. The molecule has 6 saturated heterocycles. The van der Waals surface area contributed by atoms with Crippen LogP contribution in [0.25, 0.3) is 0 Å². The van der Waals surface area contributed by atoms with Gasteiger partial charge in [0.1, 0.15) is 47.1 Å². The first-order valence-electron chi connectivity index (χ1n) is 39.8. The standard InChI is InChI=1S/3C13H27NO3Si.C13H25NO3Si.C12H21NO5.C11H19NO5.C4H8O2.Li.H2O/c4*1-9-10(8-14-11(9)12(15)16-5)17-18(6,7)13(2,3)4;1-7-8(14)6-13(9(7)10(15)17-5)11(16)18-12(2,3)4;1-6-7(13)5-12(8(6)9(14)15)10(16)17-11(2,3)4;5-4-2-1-3-6-4;;/h3*9-11,14H,8H2,1-7H3;9-10H,8H2,1-7H3;7-9,14H,6H2,1-5H3;6-8,13H,5H2,1-4H3,(H,14,15);4-5H,1-3H2;;1H2/q;;;;;;;+1;/p-1/t9-,10+,11+;2*9-,10+,11-;9-,10+;7-,8+,9+;6-,7+,8+;;;/m111111.../s1. The minimum absolute atomic E-state index is 0. The van der Waals surface area contributed by atoms with E-state index in [0.717, 1.165) is 44.0 Å². The number of amides is 2. The van der Waals surface area contributed by atoms with Crippen molar-refractivity contribution < 1.29 is 139 Å². The van der Waals surface area contributed by atoms with Gasteiger partial charge >= 0.3 is 66.9 Å². The topological polar surface area (TPSA) is 413 Å². The van der Waals surface area contributed by atoms with Gasteiger partial charge in [0, 0.05) is 68.2 Å². The van der Waals surface area contributed by atoms with Crippen molar-refractivity contribution in [3.63, 3.8) is 0 Å². The number of carboxylic acid groups (broad SMARTS) is 1. The van der Waals surface area contributed by atoms with Crippen LogP contribution in [0.1, 0.15) is 179 Å². The molecule has 0 aliphatic carbocycles. The predicted octanol–water partition coefficient (Wildman–Crippen LogP) is 7.52. The van der Waals surface area contributed by atoms with Crippen LogP contribution in [-0.4, -0.2) is 288 Å². The number of methoxy groups -OCH3 is 5. The Balaban J connectivity index is 0. The number of esters is 5. The minimum Gasteiger partial charge on any atom is -0.870 e. The Morgan fingerprint density at radius 2 is 0.730 bits per heavy atom. The van der Waals surface area contributed by atoms with Crippen molar-refractivity contribution in [2.24, 2.45) is 40.5 Å². The van der Waals surface area contributed by atoms with Gasteiger partial charge in [0.15, 0.2) is 39.6 Å². The number of aliphatic hydroxyl groups excluding tert-OH is 3. The van der Waals surface area contributed by atoms with E-state index in [-0.39, 0.29) is 154 Å². The first-order valence-corrected chi connectivity index (χ1v) is 51.5. The molecule has 0 aromatic carbocycles. The fourth-order valence-electron chi connectivity index (χ4n) is 11.9. The molecule has 0 saturated carbocycles. The number of β-amino-alcohol motifs (C(OH)–C–C–N with tert-alkyl or cyclic N) is 2. The van der Waals surface area contributed by atoms with Gasteiger partial charge in [-0.2, -0.15) is 0 Å². The van der Waals surface area contributed by atoms with Crippen LogP contribution < -0.4 is 34.8 Å². The van der Waals surface area contributed by atoms with Gasteiger partial charge in [-0.05, 0) is 120 Å². The number of rotatable bonds is 14. The van der Waals surface area contributed by atoms with Gasteiger partial charge in [0.05, 0.1) is 91.8 Å². The number of aliphatic imine (C=N–C) groups is 1. The van der Waals surface area contributed by atoms with Crippen LogP contribution in [0.2, 0.25) is 72.5 Å². The molecule has 0 aromatic rings. The first-order chi connectivity index (χ1) is 51.1. The van der Waals surface area contributed by atoms with E-state index in [2.05, 4.69) is 182 Å². The Kier molecular flexibility index (Phi) is 45.5. The van der Waals surface area contributed by atoms with Gasteiger partial charge < -0.3 is 97.5 Å². The summed E-state index contributed by atoms with van der Waals surface area (Å²) in [6.07, 6.45) is -1.17. The molecule has 36 heteroatoms. The second-order valence-electron chi connectivity index (χ2n) is 38.8. The van der Waals surface area contributed by atoms with Crippen LogP contribution in [-0.2, 0) is 84.4 Å². The number of nitrogens with zero attached hydrogens (tertiary/aromatic N) is 3. The molecule has 1 unspecified atom stereocenters. The summed E-state index contributed by atoms with van der Waals surface area (Å²) in [6.45, 7) is 69.9. The summed E-state index contributed by atoms with van der Waals surface area (Å²) in [5.74, 6) is -2.94. The zero-order valence-corrected chi connectivity index (χ0v) is 81.5. The molecule has 0 radical (unpaired) electrons. The maximum atomic E-state index is 12.0. The van der Waals surface area contributed by atoms with E-state index < -0.39 is 105 Å². The summed E-state index contributed by atoms with van der Waals surface area (Å²) < 4.78 is 64.3. The third kappa shape index (κ3) is 33.8. The van der Waals surface area contributed by atoms with Crippen LogP contribution in [0.4, 0.5) is 9.59 Å². The largest absolute Gasteiger partial charge is 1.00 e. The van der Waals surface area contributed by atoms with E-state index in [9.17, 15) is 48.6 Å². The molecule has 7 aliphatic heterocycles. The van der Waals surface area contributed by atoms with E-state index in [1.807, 2.05) is 6.92 Å². The number of carboxylic acids is 1. The number of hydrogen-bond acceptors (Lipinski definition) is 28. The Labute approximate surface area is 705 Å². The zero-order valence-electron chi connectivity index (χ0n) is 77.5. The van der Waals surface area contributed by atoms with E-state index >= 15 is 0 Å². The summed E-state index contributed by atoms with van der Waals surface area (Å²) >= 11 is 0. The quantitative estimate of drug-likeness (QED) is 0.0502. The fraction of sp³-hybridized carbons (Fsp3) is 0.886. The number of ether oxygens (including phenoxy) is 8. The minimum atomic E-state index is -1.81. The molecule has 7 heterocycles. The van der Waals surface area contributed by atoms with Crippen molar-refractivity contribution in [1.29, 1.82) is 0 Å². The van der Waals surface area contributed by atoms with Crippen LogP contribution in [0.5, 0.6) is 0 Å². The summed E-state index contributed by atoms with van der Waals surface area (Å²) in [4.78, 5) is 99.4. The van der Waals surface area contributed by atoms with Gasteiger partial charge in [-0.25, -0.2) is 24.0 Å². The summed E-state index contributed by atoms with van der Waals surface area (Å²) in [5.41, 5.74) is -0.813. The molecule has 31 nitrogen and oxygen atoms in total. The van der Waals surface area contributed by atoms with Crippen molar-refractivity contribution in [3.8, 4) is 0 Å². The third-order valence-corrected chi connectivity index (χ3v) is 41.7. The number of hydrogen-bond donors (Lipinski definition) is 7. The Morgan fingerprint density at radius 1 is 0.443 bits per heavy atom. The van der Waals surface area contributed by atoms with Gasteiger partial charge in [-0.15, -0.1) is 0 Å². The van der Waals surface area contributed by atoms with Gasteiger partial charge in [0.2, 0.25) is 0 Å². The van der Waals surface area contributed by atoms with Crippen LogP contribution in [0, 0.1) is 35.5 Å². The molecule has 2 amide bonds. The Morgan fingerprint density at radius 3 is 0.965 bits per heavy atom. The number of aliphatic hydroxyl groups is 3. The van der Waals surface area contributed by atoms with Gasteiger partial charge in [-0.1, -0.05) is 125 Å². The summed E-state index contributed by atoms with van der Waals surface area (Å²) in [7, 11) is -0.214. The fourth-order valence-corrected chi connectivity index (χ4v) is 17.6. The van der Waals surface area contributed by atoms with Crippen LogP contribution in [0.3, 0.4) is 0 Å². The average Bonchev–Trinajstić information content (AvgIpc) is 1.52. The maximum Gasteiger partial charge on any atom is 1.00 e. The monoisotopic (exact) mass is 1710 g/mol. The number of nitrogens with one attached hydrogen (secondary N) is 3. The van der Waals surface area contributed by atoms with Crippen molar-refractivity contribution >= 4 is 87.0 Å². The predicted molar refractivity (Wildman–Crippen MR) is 447 cm³/mol. The zero-order chi connectivity index (χ0) is 88.4. The SMILES string of the molecule is COC(=O)C1=NC[C@H](O[Si](C)(C)C(C)(C)C)[C@H]1C.COC(=O)[C@@H]1NC[C@H](O[Si](C)(C)C(C)(C)C)[C@H]1C.COC(=O)[C@@H]1NC[C@H](O[Si](C)(C)C(C)(C)C)[C@H]1C.COC(=O)[C@@H]1[C@H](C)[C@@H](O)CN1C(=O)OC(C)(C)C.COC(=O)[C@H]1NC[C@H](O[Si](C)(C)C(C)(C)C)[C@H]1C.C[C@H]1[C@@H](C(=O)O)N(C(=O)OC(C)(C)C)C[C@@H]1O.OC1CCCO1.[Li+].[OH-]. The summed E-state index contributed by atoms with van der Waals surface area (Å²) in [6, 6.07) is -2.51. The van der Waals surface area contributed by atoms with Crippen molar-refractivity contribution in [2.75, 3.05) is 81.4 Å². The number of likely N-dealkylation sites (tertiary alicyclic amines) is 2. The number of carbonyl (C=O) groups excluding carboxylic acids is 7. The second-order valence-corrected chi connectivity index (χ2v) is 57.8. The van der Waals surface area contributed by atoms with Crippen molar-refractivity contribution in [2.45, 2.75) is 336 Å². The average molecular weight is 1710 g/mol. The van der Waals surface area contributed by atoms with Gasteiger partial charge in [0.25, 0.3) is 0 Å². The number of carbonyl (C=O) groups is 8. The summed E-state index contributed by atoms with van der Waals surface area (Å²) in [5, 5.41) is 47.3. The molecular weight excluding hydrogens is 1550 g/mol. The van der Waals surface area contributed by atoms with E-state index in [4.69, 9.17) is 61.1 Å². The van der Waals surface area contributed by atoms with E-state index in [0.29, 0.717) is 12.3 Å². The molecule has 7 rings (SSSR count). The first kappa shape index (κ1) is 113. The van der Waals surface area contributed by atoms with E-state index in [1.54, 1.807) is 55.4 Å². The van der Waals surface area contributed by atoms with E-state index in [1.165, 1.54) is 40.4 Å². The molecular formula is C79H155LiN6O25Si4.